The lowest BCUT2D eigenvalue weighted by molar-refractivity contribution is -0.136. The Morgan fingerprint density at radius 2 is 2.09 bits per heavy atom. The standard InChI is InChI=1S/C15H23N5O2/c21-14(15(22)18-13-6-7-17-19-13)16-10-11-4-3-9-20-8-2-1-5-12(11)20/h6-7,11-12H,1-5,8-10H2,(H,16,21)(H2,17,18,19,22)/t11-,12+/m0/s1. The number of carbonyl (C=O) groups is 2. The highest BCUT2D eigenvalue weighted by atomic mass is 16.2. The molecule has 0 aliphatic carbocycles. The molecule has 0 unspecified atom stereocenters. The molecule has 3 rings (SSSR count). The summed E-state index contributed by atoms with van der Waals surface area (Å²) in [5, 5.41) is 11.6. The molecule has 7 heteroatoms. The van der Waals surface area contributed by atoms with Crippen LogP contribution in [0.1, 0.15) is 32.1 Å². The van der Waals surface area contributed by atoms with Crippen molar-refractivity contribution in [2.45, 2.75) is 38.1 Å². The number of nitrogens with one attached hydrogen (secondary N) is 3. The molecular weight excluding hydrogens is 282 g/mol. The molecule has 120 valence electrons. The molecule has 2 aliphatic rings. The third-order valence-electron chi connectivity index (χ3n) is 4.71. The fourth-order valence-electron chi connectivity index (χ4n) is 3.62. The van der Waals surface area contributed by atoms with Crippen molar-refractivity contribution in [2.24, 2.45) is 5.92 Å². The zero-order valence-electron chi connectivity index (χ0n) is 12.7. The van der Waals surface area contributed by atoms with Gasteiger partial charge >= 0.3 is 11.8 Å². The minimum Gasteiger partial charge on any atom is -0.347 e. The van der Waals surface area contributed by atoms with Crippen LogP contribution < -0.4 is 10.6 Å². The van der Waals surface area contributed by atoms with Crippen molar-refractivity contribution in [3.63, 3.8) is 0 Å². The number of piperidine rings is 2. The summed E-state index contributed by atoms with van der Waals surface area (Å²) in [4.78, 5) is 26.2. The van der Waals surface area contributed by atoms with Crippen molar-refractivity contribution in [1.29, 1.82) is 0 Å². The van der Waals surface area contributed by atoms with Gasteiger partial charge in [0.05, 0.1) is 6.20 Å². The van der Waals surface area contributed by atoms with Gasteiger partial charge in [0.25, 0.3) is 0 Å². The number of nitrogens with zero attached hydrogens (tertiary/aromatic N) is 2. The molecule has 0 aromatic carbocycles. The zero-order valence-corrected chi connectivity index (χ0v) is 12.7. The highest BCUT2D eigenvalue weighted by Gasteiger charge is 2.33. The number of hydrogen-bond donors (Lipinski definition) is 3. The van der Waals surface area contributed by atoms with Gasteiger partial charge in [-0.3, -0.25) is 14.7 Å². The van der Waals surface area contributed by atoms with E-state index in [1.54, 1.807) is 6.07 Å². The first-order valence-electron chi connectivity index (χ1n) is 8.06. The first-order chi connectivity index (χ1) is 10.7. The first kappa shape index (κ1) is 15.0. The number of amides is 2. The van der Waals surface area contributed by atoms with E-state index in [0.717, 1.165) is 6.42 Å². The zero-order chi connectivity index (χ0) is 15.4. The summed E-state index contributed by atoms with van der Waals surface area (Å²) in [5.41, 5.74) is 0. The molecule has 0 bridgehead atoms. The van der Waals surface area contributed by atoms with Crippen molar-refractivity contribution in [3.05, 3.63) is 12.3 Å². The molecule has 1 aromatic heterocycles. The van der Waals surface area contributed by atoms with Gasteiger partial charge in [-0.25, -0.2) is 0 Å². The van der Waals surface area contributed by atoms with E-state index >= 15 is 0 Å². The Kier molecular flexibility index (Phi) is 4.72. The summed E-state index contributed by atoms with van der Waals surface area (Å²) in [6.07, 6.45) is 7.59. The molecule has 3 heterocycles. The lowest BCUT2D eigenvalue weighted by atomic mass is 9.83. The summed E-state index contributed by atoms with van der Waals surface area (Å²) >= 11 is 0. The fourth-order valence-corrected chi connectivity index (χ4v) is 3.62. The van der Waals surface area contributed by atoms with Crippen LogP contribution in [0.15, 0.2) is 12.3 Å². The smallest absolute Gasteiger partial charge is 0.314 e. The Morgan fingerprint density at radius 3 is 2.91 bits per heavy atom. The maximum Gasteiger partial charge on any atom is 0.314 e. The highest BCUT2D eigenvalue weighted by molar-refractivity contribution is 6.39. The number of fused-ring (bicyclic) bond motifs is 1. The number of anilines is 1. The van der Waals surface area contributed by atoms with E-state index in [0.29, 0.717) is 24.3 Å². The van der Waals surface area contributed by atoms with Crippen LogP contribution in [0.3, 0.4) is 0 Å². The van der Waals surface area contributed by atoms with Gasteiger partial charge in [0, 0.05) is 18.7 Å². The molecule has 7 nitrogen and oxygen atoms in total. The van der Waals surface area contributed by atoms with E-state index in [1.165, 1.54) is 45.0 Å². The van der Waals surface area contributed by atoms with E-state index < -0.39 is 11.8 Å². The van der Waals surface area contributed by atoms with E-state index in [2.05, 4.69) is 25.7 Å². The number of H-pyrrole nitrogens is 1. The third-order valence-corrected chi connectivity index (χ3v) is 4.71. The molecule has 0 spiro atoms. The second kappa shape index (κ2) is 6.91. The number of hydrogen-bond acceptors (Lipinski definition) is 4. The summed E-state index contributed by atoms with van der Waals surface area (Å²) < 4.78 is 0. The van der Waals surface area contributed by atoms with E-state index in [-0.39, 0.29) is 0 Å². The van der Waals surface area contributed by atoms with E-state index in [1.807, 2.05) is 0 Å². The molecule has 2 aliphatic heterocycles. The van der Waals surface area contributed by atoms with Crippen LogP contribution >= 0.6 is 0 Å². The Morgan fingerprint density at radius 1 is 1.23 bits per heavy atom. The summed E-state index contributed by atoms with van der Waals surface area (Å²) in [7, 11) is 0. The molecule has 2 atom stereocenters. The Balaban J connectivity index is 1.48. The second-order valence-corrected chi connectivity index (χ2v) is 6.14. The van der Waals surface area contributed by atoms with Gasteiger partial charge in [0.2, 0.25) is 0 Å². The van der Waals surface area contributed by atoms with Crippen LogP contribution in [0, 0.1) is 5.92 Å². The van der Waals surface area contributed by atoms with Gasteiger partial charge < -0.3 is 15.5 Å². The largest absolute Gasteiger partial charge is 0.347 e. The highest BCUT2D eigenvalue weighted by Crippen LogP contribution is 2.30. The van der Waals surface area contributed by atoms with Gasteiger partial charge in [0.1, 0.15) is 5.82 Å². The average Bonchev–Trinajstić information content (AvgIpc) is 3.05. The van der Waals surface area contributed by atoms with Crippen LogP contribution in [0.4, 0.5) is 5.82 Å². The predicted octanol–water partition coefficient (Wildman–Crippen LogP) is 0.729. The molecule has 0 saturated carbocycles. The van der Waals surface area contributed by atoms with Crippen molar-refractivity contribution in [2.75, 3.05) is 25.0 Å². The predicted molar refractivity (Wildman–Crippen MR) is 82.2 cm³/mol. The van der Waals surface area contributed by atoms with Crippen molar-refractivity contribution in [3.8, 4) is 0 Å². The molecular formula is C15H23N5O2. The van der Waals surface area contributed by atoms with Gasteiger partial charge in [-0.05, 0) is 44.7 Å². The molecule has 22 heavy (non-hydrogen) atoms. The van der Waals surface area contributed by atoms with Gasteiger partial charge in [-0.1, -0.05) is 6.42 Å². The number of carbonyl (C=O) groups excluding carboxylic acids is 2. The number of aromatic nitrogens is 2. The van der Waals surface area contributed by atoms with Gasteiger partial charge in [-0.2, -0.15) is 5.10 Å². The average molecular weight is 305 g/mol. The Bertz CT molecular complexity index is 514. The lowest BCUT2D eigenvalue weighted by Crippen LogP contribution is -2.51. The second-order valence-electron chi connectivity index (χ2n) is 6.14. The SMILES string of the molecule is O=C(NC[C@@H]1CCCN2CCCC[C@H]12)C(=O)Nc1ccn[nH]1. The minimum atomic E-state index is -0.652. The summed E-state index contributed by atoms with van der Waals surface area (Å²) in [5.74, 6) is -0.350. The monoisotopic (exact) mass is 305 g/mol. The van der Waals surface area contributed by atoms with Crippen molar-refractivity contribution < 1.29 is 9.59 Å². The molecule has 2 saturated heterocycles. The van der Waals surface area contributed by atoms with Crippen LogP contribution in [-0.4, -0.2) is 52.6 Å². The fraction of sp³-hybridized carbons (Fsp3) is 0.667. The van der Waals surface area contributed by atoms with Gasteiger partial charge in [-0.15, -0.1) is 0 Å². The molecule has 1 aromatic rings. The quantitative estimate of drug-likeness (QED) is 0.718. The maximum absolute atomic E-state index is 11.9. The lowest BCUT2D eigenvalue weighted by Gasteiger charge is -2.44. The number of rotatable bonds is 3. The third kappa shape index (κ3) is 3.47. The van der Waals surface area contributed by atoms with Crippen molar-refractivity contribution in [1.82, 2.24) is 20.4 Å². The normalized spacial score (nSPS) is 25.3. The first-order valence-corrected chi connectivity index (χ1v) is 8.06. The van der Waals surface area contributed by atoms with Gasteiger partial charge in [0.15, 0.2) is 0 Å². The topological polar surface area (TPSA) is 90.1 Å². The molecule has 3 N–H and O–H groups in total. The van der Waals surface area contributed by atoms with Crippen LogP contribution in [0.2, 0.25) is 0 Å². The maximum atomic E-state index is 11.9. The number of aromatic amines is 1. The summed E-state index contributed by atoms with van der Waals surface area (Å²) in [6, 6.07) is 2.17. The summed E-state index contributed by atoms with van der Waals surface area (Å²) in [6.45, 7) is 2.93. The van der Waals surface area contributed by atoms with E-state index in [9.17, 15) is 9.59 Å². The molecule has 2 fully saturated rings. The van der Waals surface area contributed by atoms with Crippen LogP contribution in [-0.2, 0) is 9.59 Å². The minimum absolute atomic E-state index is 0.427. The van der Waals surface area contributed by atoms with Crippen LogP contribution in [0.5, 0.6) is 0 Å². The Labute approximate surface area is 129 Å². The van der Waals surface area contributed by atoms with Crippen molar-refractivity contribution >= 4 is 17.6 Å². The molecule has 0 radical (unpaired) electrons. The van der Waals surface area contributed by atoms with E-state index in [4.69, 9.17) is 0 Å². The Hall–Kier alpha value is -1.89. The molecule has 2 amide bonds. The van der Waals surface area contributed by atoms with Crippen LogP contribution in [0.25, 0.3) is 0 Å².